The van der Waals surface area contributed by atoms with Gasteiger partial charge in [0.2, 0.25) is 0 Å². The molecule has 0 unspecified atom stereocenters. The Balaban J connectivity index is 1.76. The summed E-state index contributed by atoms with van der Waals surface area (Å²) in [5, 5.41) is 5.28. The number of hydrogen-bond donors (Lipinski definition) is 2. The Hall–Kier alpha value is -3.09. The summed E-state index contributed by atoms with van der Waals surface area (Å²) in [7, 11) is 1.29. The van der Waals surface area contributed by atoms with Crippen molar-refractivity contribution < 1.29 is 23.5 Å². The molecule has 2 aromatic rings. The molecule has 2 N–H and O–H groups in total. The van der Waals surface area contributed by atoms with Crippen LogP contribution in [-0.4, -0.2) is 38.0 Å². The maximum atomic E-state index is 11.9. The van der Waals surface area contributed by atoms with Gasteiger partial charge in [0.1, 0.15) is 0 Å². The Kier molecular flexibility index (Phi) is 5.51. The minimum Gasteiger partial charge on any atom is -0.465 e. The molecule has 1 heterocycles. The Labute approximate surface area is 132 Å². The predicted octanol–water partition coefficient (Wildman–Crippen LogP) is 1.23. The van der Waals surface area contributed by atoms with Crippen LogP contribution in [0.4, 0.5) is 0 Å². The Morgan fingerprint density at radius 1 is 0.957 bits per heavy atom. The number of esters is 1. The Bertz CT molecular complexity index is 677. The summed E-state index contributed by atoms with van der Waals surface area (Å²) in [5.74, 6) is -0.882. The molecule has 0 saturated carbocycles. The smallest absolute Gasteiger partial charge is 0.337 e. The number of carbonyl (C=O) groups excluding carboxylic acids is 3. The molecular weight excluding hydrogens is 300 g/mol. The number of benzene rings is 1. The SMILES string of the molecule is COC(=O)c1ccc(C(=O)NCCNC(=O)c2ccco2)cc1. The molecule has 0 fully saturated rings. The molecule has 0 atom stereocenters. The molecule has 0 aliphatic rings. The standard InChI is InChI=1S/C16H16N2O5/c1-22-16(21)12-6-4-11(5-7-12)14(19)17-8-9-18-15(20)13-3-2-10-23-13/h2-7,10H,8-9H2,1H3,(H,17,19)(H,18,20). The lowest BCUT2D eigenvalue weighted by Crippen LogP contribution is -2.34. The second-order valence-corrected chi connectivity index (χ2v) is 4.56. The maximum Gasteiger partial charge on any atom is 0.337 e. The lowest BCUT2D eigenvalue weighted by molar-refractivity contribution is 0.0600. The van der Waals surface area contributed by atoms with Crippen LogP contribution in [0, 0.1) is 0 Å². The average molecular weight is 316 g/mol. The number of furan rings is 1. The second-order valence-electron chi connectivity index (χ2n) is 4.56. The maximum absolute atomic E-state index is 11.9. The van der Waals surface area contributed by atoms with Crippen LogP contribution in [0.3, 0.4) is 0 Å². The molecule has 0 spiro atoms. The zero-order valence-electron chi connectivity index (χ0n) is 12.5. The van der Waals surface area contributed by atoms with Gasteiger partial charge in [-0.25, -0.2) is 4.79 Å². The fourth-order valence-electron chi connectivity index (χ4n) is 1.82. The summed E-state index contributed by atoms with van der Waals surface area (Å²) in [6, 6.07) is 9.26. The highest BCUT2D eigenvalue weighted by atomic mass is 16.5. The molecule has 23 heavy (non-hydrogen) atoms. The van der Waals surface area contributed by atoms with Gasteiger partial charge in [0.15, 0.2) is 5.76 Å². The number of ether oxygens (including phenoxy) is 1. The zero-order chi connectivity index (χ0) is 16.7. The lowest BCUT2D eigenvalue weighted by Gasteiger charge is -2.07. The number of carbonyl (C=O) groups is 3. The van der Waals surface area contributed by atoms with Crippen LogP contribution in [0.15, 0.2) is 47.1 Å². The van der Waals surface area contributed by atoms with E-state index in [4.69, 9.17) is 4.42 Å². The largest absolute Gasteiger partial charge is 0.465 e. The third kappa shape index (κ3) is 4.44. The van der Waals surface area contributed by atoms with Crippen LogP contribution in [0.1, 0.15) is 31.3 Å². The van der Waals surface area contributed by atoms with E-state index in [1.165, 1.54) is 37.6 Å². The third-order valence-corrected chi connectivity index (χ3v) is 3.01. The molecule has 7 heteroatoms. The summed E-state index contributed by atoms with van der Waals surface area (Å²) >= 11 is 0. The molecule has 0 bridgehead atoms. The number of rotatable bonds is 6. The molecule has 120 valence electrons. The molecule has 1 aromatic heterocycles. The van der Waals surface area contributed by atoms with Gasteiger partial charge in [0.05, 0.1) is 18.9 Å². The van der Waals surface area contributed by atoms with Gasteiger partial charge in [-0.2, -0.15) is 0 Å². The normalized spacial score (nSPS) is 9.96. The summed E-state index contributed by atoms with van der Waals surface area (Å²) in [6.45, 7) is 0.537. The molecular formula is C16H16N2O5. The summed E-state index contributed by atoms with van der Waals surface area (Å²) in [5.41, 5.74) is 0.782. The summed E-state index contributed by atoms with van der Waals surface area (Å²) in [6.07, 6.45) is 1.41. The van der Waals surface area contributed by atoms with E-state index in [2.05, 4.69) is 15.4 Å². The molecule has 0 aliphatic heterocycles. The summed E-state index contributed by atoms with van der Waals surface area (Å²) < 4.78 is 9.53. The van der Waals surface area contributed by atoms with Crippen molar-refractivity contribution in [3.05, 3.63) is 59.5 Å². The van der Waals surface area contributed by atoms with E-state index in [0.29, 0.717) is 11.1 Å². The molecule has 7 nitrogen and oxygen atoms in total. The molecule has 2 rings (SSSR count). The van der Waals surface area contributed by atoms with Crippen molar-refractivity contribution in [1.82, 2.24) is 10.6 Å². The molecule has 0 radical (unpaired) electrons. The molecule has 2 amide bonds. The van der Waals surface area contributed by atoms with E-state index >= 15 is 0 Å². The minimum absolute atomic E-state index is 0.217. The van der Waals surface area contributed by atoms with E-state index < -0.39 is 5.97 Å². The van der Waals surface area contributed by atoms with Gasteiger partial charge in [-0.1, -0.05) is 0 Å². The van der Waals surface area contributed by atoms with E-state index in [-0.39, 0.29) is 30.7 Å². The summed E-state index contributed by atoms with van der Waals surface area (Å²) in [4.78, 5) is 34.8. The van der Waals surface area contributed by atoms with Crippen molar-refractivity contribution >= 4 is 17.8 Å². The molecule has 0 saturated heterocycles. The van der Waals surface area contributed by atoms with Crippen LogP contribution in [0.5, 0.6) is 0 Å². The fourth-order valence-corrected chi connectivity index (χ4v) is 1.82. The van der Waals surface area contributed by atoms with Crippen LogP contribution in [0.2, 0.25) is 0 Å². The Morgan fingerprint density at radius 3 is 2.13 bits per heavy atom. The van der Waals surface area contributed by atoms with Crippen molar-refractivity contribution in [1.29, 1.82) is 0 Å². The van der Waals surface area contributed by atoms with Gasteiger partial charge >= 0.3 is 5.97 Å². The number of methoxy groups -OCH3 is 1. The monoisotopic (exact) mass is 316 g/mol. The van der Waals surface area contributed by atoms with Gasteiger partial charge in [-0.05, 0) is 36.4 Å². The molecule has 0 aliphatic carbocycles. The fraction of sp³-hybridized carbons (Fsp3) is 0.188. The first-order valence-electron chi connectivity index (χ1n) is 6.90. The number of hydrogen-bond acceptors (Lipinski definition) is 5. The van der Waals surface area contributed by atoms with Crippen molar-refractivity contribution in [2.75, 3.05) is 20.2 Å². The van der Waals surface area contributed by atoms with Gasteiger partial charge in [0.25, 0.3) is 11.8 Å². The van der Waals surface area contributed by atoms with Gasteiger partial charge in [-0.15, -0.1) is 0 Å². The highest BCUT2D eigenvalue weighted by Crippen LogP contribution is 2.05. The van der Waals surface area contributed by atoms with Crippen LogP contribution in [-0.2, 0) is 4.74 Å². The quantitative estimate of drug-likeness (QED) is 0.617. The van der Waals surface area contributed by atoms with Crippen LogP contribution < -0.4 is 10.6 Å². The highest BCUT2D eigenvalue weighted by molar-refractivity contribution is 5.96. The topological polar surface area (TPSA) is 97.6 Å². The third-order valence-electron chi connectivity index (χ3n) is 3.01. The van der Waals surface area contributed by atoms with Gasteiger partial charge in [0, 0.05) is 18.7 Å². The lowest BCUT2D eigenvalue weighted by atomic mass is 10.1. The highest BCUT2D eigenvalue weighted by Gasteiger charge is 2.10. The minimum atomic E-state index is -0.461. The van der Waals surface area contributed by atoms with Crippen molar-refractivity contribution in [2.24, 2.45) is 0 Å². The van der Waals surface area contributed by atoms with E-state index in [9.17, 15) is 14.4 Å². The van der Waals surface area contributed by atoms with Gasteiger partial charge in [-0.3, -0.25) is 9.59 Å². The Morgan fingerprint density at radius 2 is 1.57 bits per heavy atom. The van der Waals surface area contributed by atoms with Crippen molar-refractivity contribution in [3.63, 3.8) is 0 Å². The van der Waals surface area contributed by atoms with Crippen LogP contribution >= 0.6 is 0 Å². The van der Waals surface area contributed by atoms with E-state index in [1.54, 1.807) is 12.1 Å². The molecule has 1 aromatic carbocycles. The van der Waals surface area contributed by atoms with E-state index in [0.717, 1.165) is 0 Å². The average Bonchev–Trinajstić information content (AvgIpc) is 3.12. The first kappa shape index (κ1) is 16.3. The van der Waals surface area contributed by atoms with Gasteiger partial charge < -0.3 is 19.8 Å². The van der Waals surface area contributed by atoms with E-state index in [1.807, 2.05) is 0 Å². The van der Waals surface area contributed by atoms with Crippen molar-refractivity contribution in [3.8, 4) is 0 Å². The first-order valence-corrected chi connectivity index (χ1v) is 6.90. The van der Waals surface area contributed by atoms with Crippen molar-refractivity contribution in [2.45, 2.75) is 0 Å². The number of nitrogens with one attached hydrogen (secondary N) is 2. The predicted molar refractivity (Wildman–Crippen MR) is 81.2 cm³/mol. The first-order chi connectivity index (χ1) is 11.1. The second kappa shape index (κ2) is 7.79. The van der Waals surface area contributed by atoms with Crippen LogP contribution in [0.25, 0.3) is 0 Å². The zero-order valence-corrected chi connectivity index (χ0v) is 12.5. The number of amides is 2.